The Hall–Kier alpha value is -1.77. The van der Waals surface area contributed by atoms with Crippen molar-refractivity contribution < 1.29 is 0 Å². The maximum absolute atomic E-state index is 5.89. The number of anilines is 1. The quantitative estimate of drug-likeness (QED) is 0.732. The van der Waals surface area contributed by atoms with Gasteiger partial charge in [0.25, 0.3) is 0 Å². The van der Waals surface area contributed by atoms with Crippen molar-refractivity contribution in [2.45, 2.75) is 13.5 Å². The zero-order valence-electron chi connectivity index (χ0n) is 8.14. The molecule has 0 unspecified atom stereocenters. The number of hydrogen-bond donors (Lipinski definition) is 1. The predicted molar refractivity (Wildman–Crippen MR) is 57.7 cm³/mol. The molecule has 0 aliphatic carbocycles. The van der Waals surface area contributed by atoms with Gasteiger partial charge in [-0.05, 0) is 19.1 Å². The molecule has 72 valence electrons. The zero-order chi connectivity index (χ0) is 9.97. The van der Waals surface area contributed by atoms with Crippen LogP contribution in [0.3, 0.4) is 0 Å². The molecule has 14 heavy (non-hydrogen) atoms. The highest BCUT2D eigenvalue weighted by Gasteiger charge is 2.05. The van der Waals surface area contributed by atoms with Crippen LogP contribution in [0.1, 0.15) is 6.92 Å². The van der Waals surface area contributed by atoms with Gasteiger partial charge in [-0.25, -0.2) is 0 Å². The van der Waals surface area contributed by atoms with Crippen LogP contribution in [0.2, 0.25) is 0 Å². The summed E-state index contributed by atoms with van der Waals surface area (Å²) in [5.74, 6) is 0. The van der Waals surface area contributed by atoms with Crippen molar-refractivity contribution >= 4 is 5.69 Å². The first-order valence-corrected chi connectivity index (χ1v) is 4.69. The van der Waals surface area contributed by atoms with Crippen LogP contribution in [-0.4, -0.2) is 9.78 Å². The van der Waals surface area contributed by atoms with Gasteiger partial charge in [0.2, 0.25) is 0 Å². The van der Waals surface area contributed by atoms with Crippen molar-refractivity contribution in [3.05, 3.63) is 36.5 Å². The highest BCUT2D eigenvalue weighted by Crippen LogP contribution is 2.24. The summed E-state index contributed by atoms with van der Waals surface area (Å²) in [6.07, 6.45) is 1.80. The third kappa shape index (κ3) is 1.37. The van der Waals surface area contributed by atoms with Crippen LogP contribution in [0.15, 0.2) is 36.5 Å². The van der Waals surface area contributed by atoms with E-state index in [2.05, 4.69) is 12.0 Å². The van der Waals surface area contributed by atoms with Crippen molar-refractivity contribution in [1.29, 1.82) is 0 Å². The van der Waals surface area contributed by atoms with Crippen LogP contribution >= 0.6 is 0 Å². The van der Waals surface area contributed by atoms with Crippen molar-refractivity contribution in [3.8, 4) is 11.3 Å². The second-order valence-electron chi connectivity index (χ2n) is 3.12. The van der Waals surface area contributed by atoms with E-state index in [4.69, 9.17) is 5.73 Å². The first kappa shape index (κ1) is 8.81. The molecule has 0 aliphatic rings. The van der Waals surface area contributed by atoms with Gasteiger partial charge in [0.15, 0.2) is 0 Å². The van der Waals surface area contributed by atoms with Gasteiger partial charge in [0.05, 0.1) is 5.69 Å². The van der Waals surface area contributed by atoms with E-state index in [-0.39, 0.29) is 0 Å². The SMILES string of the molecule is CCn1nccc1-c1ccccc1N. The standard InChI is InChI=1S/C11H13N3/c1-2-14-11(7-8-13-14)9-5-3-4-6-10(9)12/h3-8H,2,12H2,1H3. The smallest absolute Gasteiger partial charge is 0.0702 e. The van der Waals surface area contributed by atoms with Gasteiger partial charge >= 0.3 is 0 Å². The Morgan fingerprint density at radius 2 is 2.07 bits per heavy atom. The van der Waals surface area contributed by atoms with E-state index < -0.39 is 0 Å². The number of aryl methyl sites for hydroxylation is 1. The summed E-state index contributed by atoms with van der Waals surface area (Å²) in [6.45, 7) is 2.92. The van der Waals surface area contributed by atoms with E-state index in [0.717, 1.165) is 23.5 Å². The first-order chi connectivity index (χ1) is 6.83. The summed E-state index contributed by atoms with van der Waals surface area (Å²) in [5.41, 5.74) is 8.81. The van der Waals surface area contributed by atoms with E-state index in [1.54, 1.807) is 6.20 Å². The van der Waals surface area contributed by atoms with Crippen LogP contribution in [0.4, 0.5) is 5.69 Å². The summed E-state index contributed by atoms with van der Waals surface area (Å²) in [7, 11) is 0. The molecular formula is C11H13N3. The predicted octanol–water partition coefficient (Wildman–Crippen LogP) is 2.15. The Kier molecular flexibility index (Phi) is 2.23. The highest BCUT2D eigenvalue weighted by molar-refractivity contribution is 5.73. The van der Waals surface area contributed by atoms with Crippen LogP contribution in [0.25, 0.3) is 11.3 Å². The number of nitrogens with zero attached hydrogens (tertiary/aromatic N) is 2. The zero-order valence-corrected chi connectivity index (χ0v) is 8.14. The Bertz CT molecular complexity index is 432. The summed E-state index contributed by atoms with van der Waals surface area (Å²) in [6, 6.07) is 9.82. The molecule has 2 N–H and O–H groups in total. The Labute approximate surface area is 83.2 Å². The Balaban J connectivity index is 2.54. The molecule has 0 amide bonds. The molecule has 0 fully saturated rings. The van der Waals surface area contributed by atoms with Gasteiger partial charge in [-0.15, -0.1) is 0 Å². The molecule has 2 rings (SSSR count). The third-order valence-electron chi connectivity index (χ3n) is 2.25. The fourth-order valence-electron chi connectivity index (χ4n) is 1.54. The van der Waals surface area contributed by atoms with Gasteiger partial charge in [0, 0.05) is 24.0 Å². The van der Waals surface area contributed by atoms with Gasteiger partial charge in [-0.2, -0.15) is 5.10 Å². The topological polar surface area (TPSA) is 43.8 Å². The van der Waals surface area contributed by atoms with E-state index in [9.17, 15) is 0 Å². The van der Waals surface area contributed by atoms with Crippen molar-refractivity contribution in [2.24, 2.45) is 0 Å². The molecular weight excluding hydrogens is 174 g/mol. The van der Waals surface area contributed by atoms with Crippen molar-refractivity contribution in [1.82, 2.24) is 9.78 Å². The number of nitrogens with two attached hydrogens (primary N) is 1. The maximum Gasteiger partial charge on any atom is 0.0702 e. The molecule has 3 heteroatoms. The second-order valence-corrected chi connectivity index (χ2v) is 3.12. The molecule has 0 radical (unpaired) electrons. The summed E-state index contributed by atoms with van der Waals surface area (Å²) in [4.78, 5) is 0. The number of para-hydroxylation sites is 1. The van der Waals surface area contributed by atoms with Crippen LogP contribution in [0.5, 0.6) is 0 Å². The minimum absolute atomic E-state index is 0.794. The molecule has 0 aliphatic heterocycles. The molecule has 0 atom stereocenters. The number of hydrogen-bond acceptors (Lipinski definition) is 2. The Morgan fingerprint density at radius 1 is 1.29 bits per heavy atom. The molecule has 1 heterocycles. The lowest BCUT2D eigenvalue weighted by Crippen LogP contribution is -2.00. The fraction of sp³-hybridized carbons (Fsp3) is 0.182. The van der Waals surface area contributed by atoms with Crippen LogP contribution < -0.4 is 5.73 Å². The summed E-state index contributed by atoms with van der Waals surface area (Å²) in [5, 5.41) is 4.21. The first-order valence-electron chi connectivity index (χ1n) is 4.69. The molecule has 1 aromatic carbocycles. The van der Waals surface area contributed by atoms with Gasteiger partial charge < -0.3 is 5.73 Å². The minimum atomic E-state index is 0.794. The average molecular weight is 187 g/mol. The monoisotopic (exact) mass is 187 g/mol. The fourth-order valence-corrected chi connectivity index (χ4v) is 1.54. The largest absolute Gasteiger partial charge is 0.398 e. The van der Waals surface area contributed by atoms with E-state index in [1.807, 2.05) is 35.0 Å². The molecule has 1 aromatic heterocycles. The van der Waals surface area contributed by atoms with E-state index >= 15 is 0 Å². The summed E-state index contributed by atoms with van der Waals surface area (Å²) < 4.78 is 1.94. The molecule has 2 aromatic rings. The van der Waals surface area contributed by atoms with E-state index in [0.29, 0.717) is 0 Å². The average Bonchev–Trinajstić information content (AvgIpc) is 2.66. The Morgan fingerprint density at radius 3 is 2.79 bits per heavy atom. The van der Waals surface area contributed by atoms with Crippen LogP contribution in [0, 0.1) is 0 Å². The third-order valence-corrected chi connectivity index (χ3v) is 2.25. The van der Waals surface area contributed by atoms with Gasteiger partial charge in [0.1, 0.15) is 0 Å². The van der Waals surface area contributed by atoms with Gasteiger partial charge in [-0.3, -0.25) is 4.68 Å². The second kappa shape index (κ2) is 3.54. The number of aromatic nitrogens is 2. The number of nitrogen functional groups attached to an aromatic ring is 1. The van der Waals surface area contributed by atoms with Gasteiger partial charge in [-0.1, -0.05) is 18.2 Å². The maximum atomic E-state index is 5.89. The molecule has 0 spiro atoms. The molecule has 0 bridgehead atoms. The molecule has 0 saturated heterocycles. The molecule has 0 saturated carbocycles. The highest BCUT2D eigenvalue weighted by atomic mass is 15.3. The lowest BCUT2D eigenvalue weighted by atomic mass is 10.1. The van der Waals surface area contributed by atoms with Crippen molar-refractivity contribution in [3.63, 3.8) is 0 Å². The number of benzene rings is 1. The number of rotatable bonds is 2. The normalized spacial score (nSPS) is 10.4. The van der Waals surface area contributed by atoms with Crippen molar-refractivity contribution in [2.75, 3.05) is 5.73 Å². The lowest BCUT2D eigenvalue weighted by Gasteiger charge is -2.06. The lowest BCUT2D eigenvalue weighted by molar-refractivity contribution is 0.667. The minimum Gasteiger partial charge on any atom is -0.398 e. The van der Waals surface area contributed by atoms with Crippen LogP contribution in [-0.2, 0) is 6.54 Å². The molecule has 3 nitrogen and oxygen atoms in total. The van der Waals surface area contributed by atoms with E-state index in [1.165, 1.54) is 0 Å². The summed E-state index contributed by atoms with van der Waals surface area (Å²) >= 11 is 0.